The van der Waals surface area contributed by atoms with E-state index in [1.807, 2.05) is 55.5 Å². The number of benzene rings is 2. The van der Waals surface area contributed by atoms with Gasteiger partial charge in [0.15, 0.2) is 5.11 Å². The molecule has 1 fully saturated rings. The molecule has 1 aliphatic rings. The van der Waals surface area contributed by atoms with E-state index in [-0.39, 0.29) is 5.56 Å². The summed E-state index contributed by atoms with van der Waals surface area (Å²) in [5, 5.41) is 4.95. The highest BCUT2D eigenvalue weighted by Crippen LogP contribution is 2.26. The molecule has 1 aliphatic carbocycles. The highest BCUT2D eigenvalue weighted by atomic mass is 32.1. The topological polar surface area (TPSA) is 66.6 Å². The zero-order valence-corrected chi connectivity index (χ0v) is 20.0. The van der Waals surface area contributed by atoms with Crippen molar-refractivity contribution in [2.75, 3.05) is 19.0 Å². The lowest BCUT2D eigenvalue weighted by atomic mass is 9.94. The highest BCUT2D eigenvalue weighted by molar-refractivity contribution is 7.80. The molecule has 0 atom stereocenters. The van der Waals surface area contributed by atoms with Crippen molar-refractivity contribution in [3.8, 4) is 11.5 Å². The van der Waals surface area contributed by atoms with Gasteiger partial charge in [0.1, 0.15) is 11.5 Å². The van der Waals surface area contributed by atoms with Gasteiger partial charge in [-0.2, -0.15) is 0 Å². The Morgan fingerprint density at radius 2 is 1.82 bits per heavy atom. The predicted molar refractivity (Wildman–Crippen MR) is 137 cm³/mol. The molecule has 1 heterocycles. The van der Waals surface area contributed by atoms with Crippen LogP contribution in [0.1, 0.15) is 44.6 Å². The number of anilines is 1. The number of thiocarbonyl (C=S) groups is 1. The minimum absolute atomic E-state index is 0.0836. The number of nitrogens with zero attached hydrogens (tertiary/aromatic N) is 1. The van der Waals surface area contributed by atoms with E-state index in [9.17, 15) is 4.79 Å². The number of rotatable bonds is 7. The minimum atomic E-state index is -0.0836. The SMILES string of the molecule is CCOc1ccc2[nH]c(=O)c(CN(C(=S)Nc3ccc(OC)cc3)C3CCCCC3)cc2c1. The summed E-state index contributed by atoms with van der Waals surface area (Å²) in [5.74, 6) is 1.59. The summed E-state index contributed by atoms with van der Waals surface area (Å²) in [6.45, 7) is 3.01. The Hall–Kier alpha value is -3.06. The van der Waals surface area contributed by atoms with Gasteiger partial charge in [0.25, 0.3) is 5.56 Å². The normalized spacial score (nSPS) is 14.1. The van der Waals surface area contributed by atoms with Crippen molar-refractivity contribution in [3.05, 3.63) is 64.4 Å². The molecule has 3 aromatic rings. The van der Waals surface area contributed by atoms with E-state index in [0.29, 0.717) is 29.9 Å². The number of ether oxygens (including phenoxy) is 2. The van der Waals surface area contributed by atoms with Crippen LogP contribution in [0.2, 0.25) is 0 Å². The summed E-state index contributed by atoms with van der Waals surface area (Å²) in [5.41, 5.74) is 2.31. The fourth-order valence-corrected chi connectivity index (χ4v) is 4.75. The first kappa shape index (κ1) is 23.1. The molecule has 6 nitrogen and oxygen atoms in total. The van der Waals surface area contributed by atoms with E-state index in [1.165, 1.54) is 19.3 Å². The number of hydrogen-bond acceptors (Lipinski definition) is 4. The average Bonchev–Trinajstić information content (AvgIpc) is 2.84. The van der Waals surface area contributed by atoms with Gasteiger partial charge in [-0.05, 0) is 80.5 Å². The van der Waals surface area contributed by atoms with Crippen LogP contribution in [0, 0.1) is 0 Å². The van der Waals surface area contributed by atoms with E-state index in [0.717, 1.165) is 40.9 Å². The third kappa shape index (κ3) is 5.66. The number of fused-ring (bicyclic) bond motifs is 1. The van der Waals surface area contributed by atoms with Crippen LogP contribution in [0.25, 0.3) is 10.9 Å². The van der Waals surface area contributed by atoms with E-state index in [4.69, 9.17) is 21.7 Å². The average molecular weight is 466 g/mol. The van der Waals surface area contributed by atoms with Gasteiger partial charge in [-0.25, -0.2) is 0 Å². The van der Waals surface area contributed by atoms with Crippen molar-refractivity contribution in [3.63, 3.8) is 0 Å². The Morgan fingerprint density at radius 3 is 2.52 bits per heavy atom. The molecule has 0 bridgehead atoms. The number of H-pyrrole nitrogens is 1. The summed E-state index contributed by atoms with van der Waals surface area (Å²) in [7, 11) is 1.65. The van der Waals surface area contributed by atoms with Crippen LogP contribution < -0.4 is 20.3 Å². The van der Waals surface area contributed by atoms with Crippen molar-refractivity contribution >= 4 is 33.9 Å². The van der Waals surface area contributed by atoms with Crippen LogP contribution in [0.5, 0.6) is 11.5 Å². The first-order valence-corrected chi connectivity index (χ1v) is 12.0. The molecule has 7 heteroatoms. The van der Waals surface area contributed by atoms with E-state index < -0.39 is 0 Å². The van der Waals surface area contributed by atoms with Crippen LogP contribution in [0.3, 0.4) is 0 Å². The Labute approximate surface area is 199 Å². The van der Waals surface area contributed by atoms with Crippen LogP contribution in [-0.4, -0.2) is 34.8 Å². The monoisotopic (exact) mass is 465 g/mol. The van der Waals surface area contributed by atoms with Gasteiger partial charge in [-0.15, -0.1) is 0 Å². The molecular weight excluding hydrogens is 434 g/mol. The van der Waals surface area contributed by atoms with E-state index >= 15 is 0 Å². The van der Waals surface area contributed by atoms with E-state index in [1.54, 1.807) is 7.11 Å². The Balaban J connectivity index is 1.61. The molecule has 174 valence electrons. The maximum Gasteiger partial charge on any atom is 0.253 e. The largest absolute Gasteiger partial charge is 0.497 e. The first-order valence-electron chi connectivity index (χ1n) is 11.6. The molecule has 0 spiro atoms. The van der Waals surface area contributed by atoms with Crippen molar-refractivity contribution in [2.45, 2.75) is 51.6 Å². The first-order chi connectivity index (χ1) is 16.1. The highest BCUT2D eigenvalue weighted by Gasteiger charge is 2.24. The second-order valence-electron chi connectivity index (χ2n) is 8.38. The molecule has 0 saturated heterocycles. The molecule has 1 saturated carbocycles. The molecule has 0 amide bonds. The third-order valence-corrected chi connectivity index (χ3v) is 6.50. The summed E-state index contributed by atoms with van der Waals surface area (Å²) < 4.78 is 10.9. The molecular formula is C26H31N3O3S. The zero-order valence-electron chi connectivity index (χ0n) is 19.2. The van der Waals surface area contributed by atoms with Crippen molar-refractivity contribution in [1.29, 1.82) is 0 Å². The molecule has 0 unspecified atom stereocenters. The Kier molecular flexibility index (Phi) is 7.50. The maximum absolute atomic E-state index is 12.9. The molecule has 0 aliphatic heterocycles. The van der Waals surface area contributed by atoms with Crippen LogP contribution in [0.4, 0.5) is 5.69 Å². The smallest absolute Gasteiger partial charge is 0.253 e. The second kappa shape index (κ2) is 10.7. The van der Waals surface area contributed by atoms with Crippen molar-refractivity contribution in [1.82, 2.24) is 9.88 Å². The van der Waals surface area contributed by atoms with E-state index in [2.05, 4.69) is 15.2 Å². The van der Waals surface area contributed by atoms with Crippen LogP contribution >= 0.6 is 12.2 Å². The second-order valence-corrected chi connectivity index (χ2v) is 8.77. The van der Waals surface area contributed by atoms with Gasteiger partial charge >= 0.3 is 0 Å². The number of hydrogen-bond donors (Lipinski definition) is 2. The molecule has 2 N–H and O–H groups in total. The maximum atomic E-state index is 12.9. The summed E-state index contributed by atoms with van der Waals surface area (Å²) in [6, 6.07) is 15.7. The molecule has 2 aromatic carbocycles. The molecule has 33 heavy (non-hydrogen) atoms. The quantitative estimate of drug-likeness (QED) is 0.451. The van der Waals surface area contributed by atoms with Gasteiger partial charge in [0.2, 0.25) is 0 Å². The number of aromatic amines is 1. The van der Waals surface area contributed by atoms with Gasteiger partial charge in [-0.3, -0.25) is 4.79 Å². The van der Waals surface area contributed by atoms with Crippen molar-refractivity contribution < 1.29 is 9.47 Å². The number of aromatic nitrogens is 1. The minimum Gasteiger partial charge on any atom is -0.497 e. The third-order valence-electron chi connectivity index (χ3n) is 6.16. The fourth-order valence-electron chi connectivity index (χ4n) is 4.42. The lowest BCUT2D eigenvalue weighted by Crippen LogP contribution is -2.44. The molecule has 1 aromatic heterocycles. The van der Waals surface area contributed by atoms with Crippen molar-refractivity contribution in [2.24, 2.45) is 0 Å². The molecule has 4 rings (SSSR count). The number of nitrogens with one attached hydrogen (secondary N) is 2. The van der Waals surface area contributed by atoms with Crippen LogP contribution in [0.15, 0.2) is 53.3 Å². The zero-order chi connectivity index (χ0) is 23.2. The van der Waals surface area contributed by atoms with Gasteiger partial charge in [-0.1, -0.05) is 19.3 Å². The van der Waals surface area contributed by atoms with Gasteiger partial charge < -0.3 is 24.7 Å². The standard InChI is InChI=1S/C26H31N3O3S/c1-3-32-23-13-14-24-18(16-23)15-19(25(30)28-24)17-29(21-7-5-4-6-8-21)26(33)27-20-9-11-22(31-2)12-10-20/h9-16,21H,3-8,17H2,1-2H3,(H,27,33)(H,28,30). The number of methoxy groups -OCH3 is 1. The lowest BCUT2D eigenvalue weighted by molar-refractivity contribution is 0.240. The summed E-state index contributed by atoms with van der Waals surface area (Å²) in [4.78, 5) is 18.1. The molecule has 0 radical (unpaired) electrons. The van der Waals surface area contributed by atoms with Crippen LogP contribution in [-0.2, 0) is 6.54 Å². The lowest BCUT2D eigenvalue weighted by Gasteiger charge is -2.36. The Bertz CT molecular complexity index is 1150. The summed E-state index contributed by atoms with van der Waals surface area (Å²) in [6.07, 6.45) is 5.75. The predicted octanol–water partition coefficient (Wildman–Crippen LogP) is 5.47. The van der Waals surface area contributed by atoms with Gasteiger partial charge in [0, 0.05) is 28.2 Å². The number of pyridine rings is 1. The Morgan fingerprint density at radius 1 is 1.09 bits per heavy atom. The fraction of sp³-hybridized carbons (Fsp3) is 0.385. The summed E-state index contributed by atoms with van der Waals surface area (Å²) >= 11 is 5.84. The van der Waals surface area contributed by atoms with Gasteiger partial charge in [0.05, 0.1) is 20.3 Å².